The maximum Gasteiger partial charge on any atom is 0.365 e. The number of nitrogens with zero attached hydrogens (tertiary/aromatic N) is 2. The van der Waals surface area contributed by atoms with E-state index < -0.39 is 5.97 Å². The number of hydrogen-bond donors (Lipinski definition) is 1. The van der Waals surface area contributed by atoms with Gasteiger partial charge < -0.3 is 10.0 Å². The maximum atomic E-state index is 11.9. The second-order valence-electron chi connectivity index (χ2n) is 3.27. The highest BCUT2D eigenvalue weighted by molar-refractivity contribution is 7.11. The highest BCUT2D eigenvalue weighted by Crippen LogP contribution is 2.12. The smallest absolute Gasteiger partial charge is 0.365 e. The van der Waals surface area contributed by atoms with Crippen molar-refractivity contribution < 1.29 is 14.7 Å². The second-order valence-corrected chi connectivity index (χ2v) is 4.13. The molecular weight excluding hydrogens is 240 g/mol. The van der Waals surface area contributed by atoms with Crippen LogP contribution in [0.25, 0.3) is 0 Å². The third-order valence-electron chi connectivity index (χ3n) is 1.97. The average molecular weight is 252 g/mol. The highest BCUT2D eigenvalue weighted by atomic mass is 32.1. The standard InChI is InChI=1S/C11H12N2O3S/c1-3-5-13(6-4-2)10(14)8-7-17-9(12-8)11(15)16/h1,7H,4-6H2,2H3,(H,15,16). The first kappa shape index (κ1) is 13.2. The molecule has 0 aliphatic carbocycles. The lowest BCUT2D eigenvalue weighted by Crippen LogP contribution is -2.32. The summed E-state index contributed by atoms with van der Waals surface area (Å²) in [6.45, 7) is 2.66. The lowest BCUT2D eigenvalue weighted by molar-refractivity contribution is 0.0696. The molecule has 0 unspecified atom stereocenters. The summed E-state index contributed by atoms with van der Waals surface area (Å²) in [5.74, 6) is 0.940. The molecule has 0 bridgehead atoms. The van der Waals surface area contributed by atoms with E-state index >= 15 is 0 Å². The number of thiazole rings is 1. The summed E-state index contributed by atoms with van der Waals surface area (Å²) in [6, 6.07) is 0. The molecule has 0 atom stereocenters. The van der Waals surface area contributed by atoms with Crippen LogP contribution in [-0.2, 0) is 0 Å². The fourth-order valence-electron chi connectivity index (χ4n) is 1.26. The van der Waals surface area contributed by atoms with Crippen LogP contribution >= 0.6 is 11.3 Å². The van der Waals surface area contributed by atoms with E-state index in [1.54, 1.807) is 0 Å². The van der Waals surface area contributed by atoms with Gasteiger partial charge in [-0.3, -0.25) is 4.79 Å². The van der Waals surface area contributed by atoms with E-state index in [-0.39, 0.29) is 23.2 Å². The van der Waals surface area contributed by atoms with Crippen molar-refractivity contribution in [3.8, 4) is 12.3 Å². The third-order valence-corrected chi connectivity index (χ3v) is 2.80. The first-order valence-corrected chi connectivity index (χ1v) is 5.89. The number of aromatic carboxylic acids is 1. The minimum Gasteiger partial charge on any atom is -0.476 e. The largest absolute Gasteiger partial charge is 0.476 e. The SMILES string of the molecule is C#CCN(CCC)C(=O)c1csc(C(=O)O)n1. The molecule has 6 heteroatoms. The van der Waals surface area contributed by atoms with Crippen LogP contribution in [0.5, 0.6) is 0 Å². The van der Waals surface area contributed by atoms with Crippen LogP contribution in [-0.4, -0.2) is 40.0 Å². The first-order chi connectivity index (χ1) is 8.10. The van der Waals surface area contributed by atoms with Gasteiger partial charge in [0.2, 0.25) is 5.01 Å². The summed E-state index contributed by atoms with van der Waals surface area (Å²) in [4.78, 5) is 27.8. The van der Waals surface area contributed by atoms with Crippen LogP contribution in [0.2, 0.25) is 0 Å². The Balaban J connectivity index is 2.85. The molecule has 1 N–H and O–H groups in total. The molecule has 17 heavy (non-hydrogen) atoms. The lowest BCUT2D eigenvalue weighted by Gasteiger charge is -2.17. The van der Waals surface area contributed by atoms with Gasteiger partial charge in [-0.05, 0) is 6.42 Å². The van der Waals surface area contributed by atoms with E-state index in [1.165, 1.54) is 10.3 Å². The molecule has 90 valence electrons. The zero-order valence-electron chi connectivity index (χ0n) is 9.34. The molecular formula is C11H12N2O3S. The molecule has 0 aliphatic rings. The van der Waals surface area contributed by atoms with Gasteiger partial charge in [-0.15, -0.1) is 17.8 Å². The fourth-order valence-corrected chi connectivity index (χ4v) is 1.89. The van der Waals surface area contributed by atoms with Crippen molar-refractivity contribution in [2.24, 2.45) is 0 Å². The quantitative estimate of drug-likeness (QED) is 0.802. The Morgan fingerprint density at radius 3 is 2.82 bits per heavy atom. The molecule has 0 aliphatic heterocycles. The minimum atomic E-state index is -1.13. The van der Waals surface area contributed by atoms with E-state index in [9.17, 15) is 9.59 Å². The third kappa shape index (κ3) is 3.29. The molecule has 0 fully saturated rings. The fraction of sp³-hybridized carbons (Fsp3) is 0.364. The van der Waals surface area contributed by atoms with E-state index in [0.717, 1.165) is 17.8 Å². The molecule has 0 saturated heterocycles. The second kappa shape index (κ2) is 6.01. The zero-order chi connectivity index (χ0) is 12.8. The van der Waals surface area contributed by atoms with Gasteiger partial charge in [0.1, 0.15) is 5.69 Å². The molecule has 1 aromatic heterocycles. The summed E-state index contributed by atoms with van der Waals surface area (Å²) >= 11 is 0.930. The normalized spacial score (nSPS) is 9.65. The number of carbonyl (C=O) groups excluding carboxylic acids is 1. The Kier molecular flexibility index (Phi) is 4.67. The lowest BCUT2D eigenvalue weighted by atomic mass is 10.3. The van der Waals surface area contributed by atoms with E-state index in [4.69, 9.17) is 11.5 Å². The molecule has 1 amide bonds. The molecule has 1 rings (SSSR count). The number of carboxylic acids is 1. The summed E-state index contributed by atoms with van der Waals surface area (Å²) < 4.78 is 0. The van der Waals surface area contributed by atoms with Crippen LogP contribution in [0.3, 0.4) is 0 Å². The molecule has 0 spiro atoms. The van der Waals surface area contributed by atoms with Crippen LogP contribution < -0.4 is 0 Å². The van der Waals surface area contributed by atoms with Crippen LogP contribution in [0, 0.1) is 12.3 Å². The highest BCUT2D eigenvalue weighted by Gasteiger charge is 2.19. The van der Waals surface area contributed by atoms with Crippen molar-refractivity contribution in [1.29, 1.82) is 0 Å². The van der Waals surface area contributed by atoms with Gasteiger partial charge in [-0.1, -0.05) is 12.8 Å². The maximum absolute atomic E-state index is 11.9. The Morgan fingerprint density at radius 1 is 1.65 bits per heavy atom. The molecule has 0 aromatic carbocycles. The Bertz CT molecular complexity index is 462. The summed E-state index contributed by atoms with van der Waals surface area (Å²) in [5, 5.41) is 10.1. The van der Waals surface area contributed by atoms with Crippen molar-refractivity contribution >= 4 is 23.2 Å². The Morgan fingerprint density at radius 2 is 2.35 bits per heavy atom. The first-order valence-electron chi connectivity index (χ1n) is 5.01. The summed E-state index contributed by atoms with van der Waals surface area (Å²) in [7, 11) is 0. The average Bonchev–Trinajstić information content (AvgIpc) is 2.77. The van der Waals surface area contributed by atoms with Crippen molar-refractivity contribution in [1.82, 2.24) is 9.88 Å². The predicted octanol–water partition coefficient (Wildman–Crippen LogP) is 1.33. The molecule has 0 saturated carbocycles. The number of aromatic nitrogens is 1. The van der Waals surface area contributed by atoms with Gasteiger partial charge in [-0.25, -0.2) is 9.78 Å². The minimum absolute atomic E-state index is 0.0921. The van der Waals surface area contributed by atoms with Crippen molar-refractivity contribution in [3.05, 3.63) is 16.1 Å². The van der Waals surface area contributed by atoms with E-state index in [2.05, 4.69) is 10.9 Å². The predicted molar refractivity (Wildman–Crippen MR) is 64.1 cm³/mol. The number of carbonyl (C=O) groups is 2. The van der Waals surface area contributed by atoms with Gasteiger partial charge >= 0.3 is 5.97 Å². The molecule has 0 radical (unpaired) electrons. The van der Waals surface area contributed by atoms with Crippen LogP contribution in [0.15, 0.2) is 5.38 Å². The number of carboxylic acid groups (broad SMARTS) is 1. The monoisotopic (exact) mass is 252 g/mol. The molecule has 1 aromatic rings. The summed E-state index contributed by atoms with van der Waals surface area (Å²) in [6.07, 6.45) is 5.95. The number of hydrogen-bond acceptors (Lipinski definition) is 4. The number of terminal acetylenes is 1. The van der Waals surface area contributed by atoms with E-state index in [0.29, 0.717) is 6.54 Å². The van der Waals surface area contributed by atoms with Crippen LogP contribution in [0.1, 0.15) is 33.6 Å². The van der Waals surface area contributed by atoms with Gasteiger partial charge in [0.05, 0.1) is 6.54 Å². The van der Waals surface area contributed by atoms with E-state index in [1.807, 2.05) is 6.92 Å². The number of amides is 1. The van der Waals surface area contributed by atoms with Gasteiger partial charge in [0, 0.05) is 11.9 Å². The topological polar surface area (TPSA) is 70.5 Å². The van der Waals surface area contributed by atoms with Crippen molar-refractivity contribution in [2.45, 2.75) is 13.3 Å². The Labute approximate surface area is 103 Å². The summed E-state index contributed by atoms with van der Waals surface area (Å²) in [5.41, 5.74) is 0.135. The van der Waals surface area contributed by atoms with Gasteiger partial charge in [-0.2, -0.15) is 0 Å². The molecule has 1 heterocycles. The van der Waals surface area contributed by atoms with Crippen molar-refractivity contribution in [2.75, 3.05) is 13.1 Å². The van der Waals surface area contributed by atoms with Crippen molar-refractivity contribution in [3.63, 3.8) is 0 Å². The molecule has 5 nitrogen and oxygen atoms in total. The number of rotatable bonds is 5. The van der Waals surface area contributed by atoms with Gasteiger partial charge in [0.15, 0.2) is 0 Å². The Hall–Kier alpha value is -1.87. The van der Waals surface area contributed by atoms with Gasteiger partial charge in [0.25, 0.3) is 5.91 Å². The zero-order valence-corrected chi connectivity index (χ0v) is 10.2. The van der Waals surface area contributed by atoms with Crippen LogP contribution in [0.4, 0.5) is 0 Å².